The predicted molar refractivity (Wildman–Crippen MR) is 119 cm³/mol. The lowest BCUT2D eigenvalue weighted by molar-refractivity contribution is -0.139. The van der Waals surface area contributed by atoms with Crippen LogP contribution in [-0.4, -0.2) is 24.1 Å². The lowest BCUT2D eigenvalue weighted by atomic mass is 10.2. The fourth-order valence-corrected chi connectivity index (χ4v) is 3.06. The maximum Gasteiger partial charge on any atom is 0.329 e. The number of halogens is 3. The molecule has 2 N–H and O–H groups in total. The number of hydrogen-bond acceptors (Lipinski definition) is 4. The number of nitrogens with one attached hydrogen (secondary N) is 2. The van der Waals surface area contributed by atoms with Crippen LogP contribution in [0.2, 0.25) is 10.0 Å². The highest BCUT2D eigenvalue weighted by atomic mass is 79.9. The molecule has 0 heterocycles. The number of rotatable bonds is 7. The molecular formula is C20H20BrCl2N3O3. The van der Waals surface area contributed by atoms with Crippen molar-refractivity contribution in [1.29, 1.82) is 0 Å². The molecule has 0 aromatic heterocycles. The Kier molecular flexibility index (Phi) is 8.95. The Labute approximate surface area is 187 Å². The van der Waals surface area contributed by atoms with Crippen LogP contribution in [0.15, 0.2) is 46.0 Å². The highest BCUT2D eigenvalue weighted by molar-refractivity contribution is 9.10. The number of carbonyl (C=O) groups excluding carboxylic acids is 2. The number of nitrogens with zero attached hydrogens (tertiary/aromatic N) is 1. The lowest BCUT2D eigenvalue weighted by Crippen LogP contribution is -2.41. The van der Waals surface area contributed by atoms with E-state index in [0.717, 1.165) is 10.9 Å². The maximum absolute atomic E-state index is 11.8. The Morgan fingerprint density at radius 1 is 1.21 bits per heavy atom. The van der Waals surface area contributed by atoms with Gasteiger partial charge in [0.15, 0.2) is 0 Å². The van der Waals surface area contributed by atoms with Crippen LogP contribution in [0.1, 0.15) is 31.4 Å². The highest BCUT2D eigenvalue weighted by Gasteiger charge is 2.14. The van der Waals surface area contributed by atoms with Gasteiger partial charge < -0.3 is 10.1 Å². The van der Waals surface area contributed by atoms with E-state index < -0.39 is 11.8 Å². The van der Waals surface area contributed by atoms with Gasteiger partial charge in [-0.05, 0) is 43.7 Å². The number of carbonyl (C=O) groups is 2. The summed E-state index contributed by atoms with van der Waals surface area (Å²) in [5.41, 5.74) is 3.46. The predicted octanol–water partition coefficient (Wildman–Crippen LogP) is 4.70. The summed E-state index contributed by atoms with van der Waals surface area (Å²) >= 11 is 15.7. The van der Waals surface area contributed by atoms with Crippen molar-refractivity contribution >= 4 is 57.2 Å². The highest BCUT2D eigenvalue weighted by Crippen LogP contribution is 2.27. The van der Waals surface area contributed by atoms with Crippen LogP contribution in [0.4, 0.5) is 0 Å². The van der Waals surface area contributed by atoms with Gasteiger partial charge >= 0.3 is 11.8 Å². The van der Waals surface area contributed by atoms with Gasteiger partial charge in [-0.15, -0.1) is 0 Å². The summed E-state index contributed by atoms with van der Waals surface area (Å²) in [6, 6.07) is 10.4. The van der Waals surface area contributed by atoms with E-state index >= 15 is 0 Å². The third kappa shape index (κ3) is 7.03. The summed E-state index contributed by atoms with van der Waals surface area (Å²) in [5, 5.41) is 7.42. The zero-order chi connectivity index (χ0) is 21.4. The molecule has 154 valence electrons. The van der Waals surface area contributed by atoms with Crippen LogP contribution >= 0.6 is 39.1 Å². The molecule has 9 heteroatoms. The minimum atomic E-state index is -0.845. The number of hydrazone groups is 1. The Morgan fingerprint density at radius 3 is 2.55 bits per heavy atom. The minimum Gasteiger partial charge on any atom is -0.488 e. The van der Waals surface area contributed by atoms with E-state index in [1.807, 2.05) is 13.8 Å². The molecule has 29 heavy (non-hydrogen) atoms. The smallest absolute Gasteiger partial charge is 0.329 e. The molecule has 0 radical (unpaired) electrons. The van der Waals surface area contributed by atoms with Gasteiger partial charge in [0.2, 0.25) is 0 Å². The summed E-state index contributed by atoms with van der Waals surface area (Å²) in [4.78, 5) is 23.6. The summed E-state index contributed by atoms with van der Waals surface area (Å²) in [6.07, 6.45) is 2.11. The summed E-state index contributed by atoms with van der Waals surface area (Å²) < 4.78 is 6.63. The van der Waals surface area contributed by atoms with E-state index in [2.05, 4.69) is 31.8 Å². The molecule has 0 aliphatic heterocycles. The fourth-order valence-electron chi connectivity index (χ4n) is 2.17. The average Bonchev–Trinajstić information content (AvgIpc) is 2.68. The zero-order valence-electron chi connectivity index (χ0n) is 15.8. The van der Waals surface area contributed by atoms with Crippen LogP contribution < -0.4 is 15.5 Å². The van der Waals surface area contributed by atoms with E-state index in [-0.39, 0.29) is 12.6 Å². The Bertz CT molecular complexity index is 902. The average molecular weight is 501 g/mol. The monoisotopic (exact) mass is 499 g/mol. The fraction of sp³-hybridized carbons (Fsp3) is 0.250. The van der Waals surface area contributed by atoms with Gasteiger partial charge in [-0.25, -0.2) is 5.43 Å². The quantitative estimate of drug-likeness (QED) is 0.328. The summed E-state index contributed by atoms with van der Waals surface area (Å²) in [6.45, 7) is 3.88. The van der Waals surface area contributed by atoms with Crippen LogP contribution in [0.3, 0.4) is 0 Å². The van der Waals surface area contributed by atoms with E-state index in [0.29, 0.717) is 26.9 Å². The number of hydrogen-bond donors (Lipinski definition) is 2. The maximum atomic E-state index is 11.8. The molecule has 0 spiro atoms. The van der Waals surface area contributed by atoms with Crippen LogP contribution in [0, 0.1) is 0 Å². The standard InChI is InChI=1S/C20H20BrCl2N3O3/c1-3-12(2)25-19(27)20(28)26-24-10-13-9-14(21)7-8-18(13)29-11-15-16(22)5-4-6-17(15)23/h4-10,12H,3,11H2,1-2H3,(H,25,27)(H,26,28)/b24-10-/t12-/m0/s1. The molecule has 0 saturated carbocycles. The Morgan fingerprint density at radius 2 is 1.90 bits per heavy atom. The van der Waals surface area contributed by atoms with Crippen molar-refractivity contribution in [2.45, 2.75) is 32.9 Å². The summed E-state index contributed by atoms with van der Waals surface area (Å²) in [5.74, 6) is -1.08. The zero-order valence-corrected chi connectivity index (χ0v) is 18.9. The number of ether oxygens (including phenoxy) is 1. The SMILES string of the molecule is CC[C@H](C)NC(=O)C(=O)N/N=C\c1cc(Br)ccc1OCc1c(Cl)cccc1Cl. The first-order valence-corrected chi connectivity index (χ1v) is 10.4. The van der Waals surface area contributed by atoms with Gasteiger partial charge in [-0.3, -0.25) is 9.59 Å². The van der Waals surface area contributed by atoms with Gasteiger partial charge in [0.1, 0.15) is 12.4 Å². The molecule has 0 fully saturated rings. The van der Waals surface area contributed by atoms with Crippen molar-refractivity contribution in [2.24, 2.45) is 5.10 Å². The molecular weight excluding hydrogens is 481 g/mol. The van der Waals surface area contributed by atoms with Gasteiger partial charge in [-0.1, -0.05) is 52.1 Å². The van der Waals surface area contributed by atoms with Gasteiger partial charge in [-0.2, -0.15) is 5.10 Å². The van der Waals surface area contributed by atoms with Crippen LogP contribution in [0.25, 0.3) is 0 Å². The lowest BCUT2D eigenvalue weighted by Gasteiger charge is -2.12. The van der Waals surface area contributed by atoms with Crippen LogP contribution in [-0.2, 0) is 16.2 Å². The second-order valence-electron chi connectivity index (χ2n) is 6.15. The molecule has 0 aliphatic rings. The summed E-state index contributed by atoms with van der Waals surface area (Å²) in [7, 11) is 0. The largest absolute Gasteiger partial charge is 0.488 e. The molecule has 2 rings (SSSR count). The third-order valence-electron chi connectivity index (χ3n) is 3.97. The van der Waals surface area contributed by atoms with Crippen molar-refractivity contribution in [1.82, 2.24) is 10.7 Å². The topological polar surface area (TPSA) is 79.8 Å². The molecule has 1 atom stereocenters. The number of amides is 2. The first-order chi connectivity index (χ1) is 13.8. The van der Waals surface area contributed by atoms with E-state index in [9.17, 15) is 9.59 Å². The molecule has 2 aromatic carbocycles. The molecule has 6 nitrogen and oxygen atoms in total. The second-order valence-corrected chi connectivity index (χ2v) is 7.88. The minimum absolute atomic E-state index is 0.0982. The van der Waals surface area contributed by atoms with Gasteiger partial charge in [0.25, 0.3) is 0 Å². The van der Waals surface area contributed by atoms with E-state index in [1.165, 1.54) is 6.21 Å². The Balaban J connectivity index is 2.07. The first-order valence-electron chi connectivity index (χ1n) is 8.81. The second kappa shape index (κ2) is 11.2. The molecule has 0 saturated heterocycles. The third-order valence-corrected chi connectivity index (χ3v) is 5.17. The number of benzene rings is 2. The molecule has 0 aliphatic carbocycles. The van der Waals surface area contributed by atoms with Crippen molar-refractivity contribution in [2.75, 3.05) is 0 Å². The first kappa shape index (κ1) is 23.2. The van der Waals surface area contributed by atoms with Gasteiger partial charge in [0, 0.05) is 31.7 Å². The molecule has 2 amide bonds. The molecule has 0 unspecified atom stereocenters. The van der Waals surface area contributed by atoms with Crippen molar-refractivity contribution in [3.05, 3.63) is 62.0 Å². The van der Waals surface area contributed by atoms with Crippen molar-refractivity contribution in [3.63, 3.8) is 0 Å². The van der Waals surface area contributed by atoms with Crippen molar-refractivity contribution in [3.8, 4) is 5.75 Å². The van der Waals surface area contributed by atoms with E-state index in [1.54, 1.807) is 36.4 Å². The van der Waals surface area contributed by atoms with E-state index in [4.69, 9.17) is 27.9 Å². The van der Waals surface area contributed by atoms with Gasteiger partial charge in [0.05, 0.1) is 6.21 Å². The Hall–Kier alpha value is -2.09. The van der Waals surface area contributed by atoms with Crippen molar-refractivity contribution < 1.29 is 14.3 Å². The molecule has 0 bridgehead atoms. The normalized spacial score (nSPS) is 11.9. The van der Waals surface area contributed by atoms with Crippen LogP contribution in [0.5, 0.6) is 5.75 Å². The molecule has 2 aromatic rings.